The van der Waals surface area contributed by atoms with Crippen LogP contribution in [0, 0.1) is 20.2 Å². The van der Waals surface area contributed by atoms with E-state index < -0.39 is 70.6 Å². The Morgan fingerprint density at radius 2 is 0.752 bits per heavy atom. The van der Waals surface area contributed by atoms with Gasteiger partial charge in [-0.3, -0.25) is 58.6 Å². The molecule has 12 N–H and O–H groups in total. The fourth-order valence-electron chi connectivity index (χ4n) is 11.0. The molecule has 2 unspecified atom stereocenters. The molecule has 2 saturated heterocycles. The van der Waals surface area contributed by atoms with Gasteiger partial charge in [0, 0.05) is 69.3 Å². The Hall–Kier alpha value is -9.35. The number of methoxy groups -OCH3 is 2. The zero-order valence-electron chi connectivity index (χ0n) is 67.0. The first-order valence-electron chi connectivity index (χ1n) is 38.8. The highest BCUT2D eigenvalue weighted by atomic mass is 32.2. The second-order valence-electron chi connectivity index (χ2n) is 25.8. The van der Waals surface area contributed by atoms with Crippen LogP contribution < -0.4 is 77.4 Å². The van der Waals surface area contributed by atoms with Crippen LogP contribution in [0.2, 0.25) is 0 Å². The van der Waals surface area contributed by atoms with Gasteiger partial charge >= 0.3 is 12.1 Å². The van der Waals surface area contributed by atoms with Crippen LogP contribution in [0.3, 0.4) is 0 Å². The lowest BCUT2D eigenvalue weighted by atomic mass is 10.0. The third-order valence-corrected chi connectivity index (χ3v) is 18.4. The molecule has 44 heteroatoms. The van der Waals surface area contributed by atoms with Crippen molar-refractivity contribution in [1.82, 2.24) is 58.5 Å². The van der Waals surface area contributed by atoms with Gasteiger partial charge in [0.15, 0.2) is 23.0 Å². The number of carbonyl (C=O) groups excluding carboxylic acids is 9. The number of carbonyl (C=O) groups is 10. The molecule has 2 aromatic carbocycles. The van der Waals surface area contributed by atoms with Gasteiger partial charge < -0.3 is 135 Å². The maximum absolute atomic E-state index is 12.8. The number of hydrogen-bond donors (Lipinski definition) is 12. The van der Waals surface area contributed by atoms with Gasteiger partial charge in [0.25, 0.3) is 11.4 Å². The van der Waals surface area contributed by atoms with E-state index in [0.29, 0.717) is 57.7 Å². The molecule has 4 rings (SSSR count). The minimum atomic E-state index is -1.39. The number of hydrogen-bond acceptors (Lipinski definition) is 30. The first-order chi connectivity index (χ1) is 56.6. The van der Waals surface area contributed by atoms with Gasteiger partial charge in [0.05, 0.1) is 250 Å². The van der Waals surface area contributed by atoms with E-state index in [1.54, 1.807) is 13.8 Å². The summed E-state index contributed by atoms with van der Waals surface area (Å²) < 4.78 is 83.0. The topological polar surface area (TPSA) is 548 Å². The second kappa shape index (κ2) is 61.9. The molecule has 660 valence electrons. The van der Waals surface area contributed by atoms with Gasteiger partial charge in [-0.1, -0.05) is 6.42 Å². The molecule has 2 heterocycles. The first kappa shape index (κ1) is 100. The molecule has 2 aliphatic rings. The molecule has 0 aliphatic carbocycles. The van der Waals surface area contributed by atoms with E-state index in [9.17, 15) is 68.2 Å². The van der Waals surface area contributed by atoms with Crippen LogP contribution in [0.25, 0.3) is 0 Å². The highest BCUT2D eigenvalue weighted by Crippen LogP contribution is 2.39. The van der Waals surface area contributed by atoms with Crippen molar-refractivity contribution in [3.05, 3.63) is 55.6 Å². The molecule has 117 heavy (non-hydrogen) atoms. The van der Waals surface area contributed by atoms with Crippen molar-refractivity contribution in [3.63, 3.8) is 0 Å². The Bertz CT molecular complexity index is 3340. The summed E-state index contributed by atoms with van der Waals surface area (Å²) in [4.78, 5) is 143. The number of benzene rings is 2. The Morgan fingerprint density at radius 1 is 0.419 bits per heavy atom. The van der Waals surface area contributed by atoms with Gasteiger partial charge in [-0.15, -0.1) is 0 Å². The van der Waals surface area contributed by atoms with Crippen LogP contribution >= 0.6 is 11.8 Å². The van der Waals surface area contributed by atoms with Crippen molar-refractivity contribution in [2.45, 2.75) is 107 Å². The molecule has 11 amide bonds. The number of unbranched alkanes of at least 4 members (excludes halogenated alkanes) is 1. The van der Waals surface area contributed by atoms with Gasteiger partial charge in [-0.2, -0.15) is 11.8 Å². The van der Waals surface area contributed by atoms with Crippen LogP contribution in [-0.2, 0) is 90.5 Å². The van der Waals surface area contributed by atoms with E-state index in [0.717, 1.165) is 25.0 Å². The summed E-state index contributed by atoms with van der Waals surface area (Å²) in [5.41, 5.74) is -0.237. The van der Waals surface area contributed by atoms with E-state index >= 15 is 0 Å². The zero-order valence-corrected chi connectivity index (χ0v) is 67.8. The van der Waals surface area contributed by atoms with E-state index in [1.807, 2.05) is 17.1 Å². The number of nitro benzene ring substituents is 2. The molecule has 0 radical (unpaired) electrons. The van der Waals surface area contributed by atoms with Crippen molar-refractivity contribution in [3.8, 4) is 23.0 Å². The molecule has 0 spiro atoms. The average Bonchev–Trinajstić information content (AvgIpc) is 1.73. The van der Waals surface area contributed by atoms with Gasteiger partial charge in [0.2, 0.25) is 47.3 Å². The summed E-state index contributed by atoms with van der Waals surface area (Å²) in [6, 6.07) is 3.99. The van der Waals surface area contributed by atoms with Crippen molar-refractivity contribution < 1.29 is 134 Å². The summed E-state index contributed by atoms with van der Waals surface area (Å²) in [6.07, 6.45) is 2.49. The summed E-state index contributed by atoms with van der Waals surface area (Å²) in [6.45, 7) is 8.66. The Kier molecular flexibility index (Phi) is 52.9. The minimum Gasteiger partial charge on any atom is -0.493 e. The standard InChI is InChI=1S/C73H117N13O30S/c1-51(53-43-58(102-3)60(45-56(53)85(98)99)115-19-7-11-64(88)75-16-24-107-30-36-112-35-29-106-23-15-74-63(87)10-6-5-9-62-71-55(50-117-62)83-72(95)84-71)81-66(90)13-21-104-27-33-110-39-41-113-37-31-108-25-17-76-65(89)12-8-20-116-61-46-57(86(100)101)54(44-59(61)103-4)52(2)82-67(91)14-22-105-28-34-111-40-42-114-38-32-109-26-18-77-68(92)47-78-69(93)48-79-70(94)49-80-73(96)97/h43-46,51-52,55,62,71,80H,5-42,47-50H2,1-4H3,(H,74,87)(H,75,88)(H,76,89)(H,77,92)(H,78,93)(H,79,94)(H,81,90)(H,82,91)(H,96,97)(H2,83,84,95)/t51?,52?,55-,62-,71-/m0/s1. The van der Waals surface area contributed by atoms with Crippen LogP contribution in [0.15, 0.2) is 24.3 Å². The van der Waals surface area contributed by atoms with E-state index in [-0.39, 0.29) is 265 Å². The summed E-state index contributed by atoms with van der Waals surface area (Å²) in [7, 11) is 2.75. The number of nitro groups is 2. The fourth-order valence-corrected chi connectivity index (χ4v) is 12.5. The van der Waals surface area contributed by atoms with Crippen molar-refractivity contribution in [2.75, 3.05) is 224 Å². The highest BCUT2D eigenvalue weighted by molar-refractivity contribution is 8.00. The number of thioether (sulfide) groups is 1. The number of fused-ring (bicyclic) bond motifs is 1. The van der Waals surface area contributed by atoms with Crippen molar-refractivity contribution >= 4 is 82.5 Å². The monoisotopic (exact) mass is 1690 g/mol. The predicted octanol–water partition coefficient (Wildman–Crippen LogP) is 0.546. The summed E-state index contributed by atoms with van der Waals surface area (Å²) in [5.74, 6) is -1.65. The lowest BCUT2D eigenvalue weighted by Crippen LogP contribution is -2.44. The number of rotatable bonds is 71. The molecule has 2 fully saturated rings. The predicted molar refractivity (Wildman–Crippen MR) is 418 cm³/mol. The highest BCUT2D eigenvalue weighted by Gasteiger charge is 2.42. The summed E-state index contributed by atoms with van der Waals surface area (Å²) in [5, 5.41) is 61.9. The van der Waals surface area contributed by atoms with E-state index in [4.69, 9.17) is 76.2 Å². The fraction of sp³-hybridized carbons (Fsp3) is 0.699. The molecule has 2 aromatic rings. The third kappa shape index (κ3) is 45.8. The van der Waals surface area contributed by atoms with Crippen LogP contribution in [0.5, 0.6) is 23.0 Å². The lowest BCUT2D eigenvalue weighted by molar-refractivity contribution is -0.386. The summed E-state index contributed by atoms with van der Waals surface area (Å²) >= 11 is 1.87. The number of carboxylic acid groups (broad SMARTS) is 1. The SMILES string of the molecule is COc1cc(C(C)NC(=O)CCOCCOCCOCCOCCNC(=O)CCCOc2cc([N+](=O)[O-])c(C(C)NC(=O)CCOCCOCCOCCOCCNC(=O)CNC(=O)CNC(=O)CNC(=O)O)cc2OC)c([N+](=O)[O-])cc1OCCCC(=O)NCCOCCOCCOCCNC(=O)CCCC[C@@H]1SC[C@@H]2NC(=O)N[C@@H]21. The smallest absolute Gasteiger partial charge is 0.405 e. The Balaban J connectivity index is 0.910. The second-order valence-corrected chi connectivity index (χ2v) is 27.1. The molecule has 2 aliphatic heterocycles. The van der Waals surface area contributed by atoms with Gasteiger partial charge in [0.1, 0.15) is 0 Å². The normalized spacial score (nSPS) is 14.5. The molecule has 5 atom stereocenters. The number of amides is 11. The maximum Gasteiger partial charge on any atom is 0.405 e. The molecule has 0 aromatic heterocycles. The number of ether oxygens (including phenoxy) is 15. The molecule has 43 nitrogen and oxygen atoms in total. The van der Waals surface area contributed by atoms with Crippen LogP contribution in [-0.4, -0.2) is 316 Å². The number of nitrogens with zero attached hydrogens (tertiary/aromatic N) is 2. The van der Waals surface area contributed by atoms with Gasteiger partial charge in [-0.05, 0) is 51.7 Å². The number of urea groups is 1. The molecular weight excluding hydrogens is 1570 g/mol. The zero-order chi connectivity index (χ0) is 85.1. The molecular formula is C73H117N13O30S. The molecule has 0 bridgehead atoms. The molecule has 0 saturated carbocycles. The number of nitrogens with one attached hydrogen (secondary N) is 11. The van der Waals surface area contributed by atoms with Gasteiger partial charge in [-0.25, -0.2) is 9.59 Å². The average molecular weight is 1690 g/mol. The maximum atomic E-state index is 12.8. The van der Waals surface area contributed by atoms with Crippen molar-refractivity contribution in [2.24, 2.45) is 0 Å². The van der Waals surface area contributed by atoms with Crippen LogP contribution in [0.4, 0.5) is 21.0 Å². The lowest BCUT2D eigenvalue weighted by Gasteiger charge is -2.18. The van der Waals surface area contributed by atoms with E-state index in [1.165, 1.54) is 38.5 Å². The van der Waals surface area contributed by atoms with E-state index in [2.05, 4.69) is 53.2 Å². The largest absolute Gasteiger partial charge is 0.493 e. The Labute approximate surface area is 682 Å². The third-order valence-electron chi connectivity index (χ3n) is 16.9. The first-order valence-corrected chi connectivity index (χ1v) is 39.8. The Morgan fingerprint density at radius 3 is 1.11 bits per heavy atom. The minimum absolute atomic E-state index is 0.0136. The van der Waals surface area contributed by atoms with Crippen LogP contribution in [0.1, 0.15) is 101 Å². The quantitative estimate of drug-likeness (QED) is 0.0186. The van der Waals surface area contributed by atoms with Crippen molar-refractivity contribution in [1.29, 1.82) is 0 Å².